The Morgan fingerprint density at radius 1 is 1.41 bits per heavy atom. The molecule has 1 rings (SSSR count). The highest BCUT2D eigenvalue weighted by Crippen LogP contribution is 2.14. The first-order valence-electron chi connectivity index (χ1n) is 5.19. The van der Waals surface area contributed by atoms with Gasteiger partial charge in [-0.3, -0.25) is 4.79 Å². The minimum atomic E-state index is -0.202. The number of rotatable bonds is 6. The molecule has 7 heteroatoms. The summed E-state index contributed by atoms with van der Waals surface area (Å²) in [5.74, 6) is 0.0856. The summed E-state index contributed by atoms with van der Waals surface area (Å²) < 4.78 is 5.19. The van der Waals surface area contributed by atoms with Gasteiger partial charge in [-0.25, -0.2) is 9.97 Å². The predicted octanol–water partition coefficient (Wildman–Crippen LogP) is 2.54. The van der Waals surface area contributed by atoms with Crippen molar-refractivity contribution >= 4 is 34.9 Å². The van der Waals surface area contributed by atoms with Gasteiger partial charge < -0.3 is 10.1 Å². The minimum Gasteiger partial charge on any atom is -0.381 e. The average Bonchev–Trinajstić information content (AvgIpc) is 2.23. The van der Waals surface area contributed by atoms with Crippen molar-refractivity contribution in [3.05, 3.63) is 16.5 Å². The van der Waals surface area contributed by atoms with Crippen LogP contribution in [0.15, 0.2) is 6.07 Å². The maximum Gasteiger partial charge on any atom is 0.227 e. The van der Waals surface area contributed by atoms with Crippen LogP contribution in [-0.2, 0) is 9.53 Å². The van der Waals surface area contributed by atoms with Gasteiger partial charge in [0.1, 0.15) is 11.0 Å². The van der Waals surface area contributed by atoms with Crippen LogP contribution < -0.4 is 5.32 Å². The number of hydrogen-bond acceptors (Lipinski definition) is 4. The zero-order valence-corrected chi connectivity index (χ0v) is 10.9. The van der Waals surface area contributed by atoms with E-state index in [1.807, 2.05) is 6.92 Å². The number of carbonyl (C=O) groups excluding carboxylic acids is 1. The van der Waals surface area contributed by atoms with Gasteiger partial charge in [-0.15, -0.1) is 0 Å². The fraction of sp³-hybridized carbons (Fsp3) is 0.500. The Labute approximate surface area is 109 Å². The second-order valence-electron chi connectivity index (χ2n) is 3.26. The van der Waals surface area contributed by atoms with Crippen molar-refractivity contribution in [2.45, 2.75) is 19.8 Å². The van der Waals surface area contributed by atoms with E-state index < -0.39 is 0 Å². The maximum atomic E-state index is 11.5. The fourth-order valence-corrected chi connectivity index (χ4v) is 1.48. The van der Waals surface area contributed by atoms with E-state index in [2.05, 4.69) is 15.3 Å². The summed E-state index contributed by atoms with van der Waals surface area (Å²) in [6.07, 6.45) is 1.19. The number of ether oxygens (including phenoxy) is 1. The molecule has 0 atom stereocenters. The Hall–Kier alpha value is -0.910. The van der Waals surface area contributed by atoms with Crippen LogP contribution in [0, 0.1) is 0 Å². The van der Waals surface area contributed by atoms with Crippen molar-refractivity contribution in [2.75, 3.05) is 18.5 Å². The molecule has 0 unspecified atom stereocenters. The van der Waals surface area contributed by atoms with Gasteiger partial charge in [0.15, 0.2) is 0 Å². The maximum absolute atomic E-state index is 11.5. The Kier molecular flexibility index (Phi) is 6.18. The molecule has 0 spiro atoms. The Morgan fingerprint density at radius 2 is 2.18 bits per heavy atom. The van der Waals surface area contributed by atoms with Gasteiger partial charge >= 0.3 is 0 Å². The van der Waals surface area contributed by atoms with Crippen LogP contribution in [0.3, 0.4) is 0 Å². The summed E-state index contributed by atoms with van der Waals surface area (Å²) in [4.78, 5) is 18.9. The molecule has 1 heterocycles. The molecule has 1 aromatic heterocycles. The van der Waals surface area contributed by atoms with E-state index in [4.69, 9.17) is 27.9 Å². The molecule has 94 valence electrons. The molecule has 17 heavy (non-hydrogen) atoms. The highest BCUT2D eigenvalue weighted by Gasteiger charge is 2.06. The van der Waals surface area contributed by atoms with Gasteiger partial charge in [0.25, 0.3) is 0 Å². The highest BCUT2D eigenvalue weighted by atomic mass is 35.5. The van der Waals surface area contributed by atoms with E-state index in [9.17, 15) is 4.79 Å². The molecule has 1 amide bonds. The van der Waals surface area contributed by atoms with E-state index in [1.54, 1.807) is 0 Å². The molecule has 5 nitrogen and oxygen atoms in total. The third-order valence-corrected chi connectivity index (χ3v) is 2.12. The smallest absolute Gasteiger partial charge is 0.227 e. The van der Waals surface area contributed by atoms with Crippen LogP contribution in [0.25, 0.3) is 0 Å². The van der Waals surface area contributed by atoms with Crippen LogP contribution in [-0.4, -0.2) is 29.1 Å². The summed E-state index contributed by atoms with van der Waals surface area (Å²) in [5, 5.41) is 2.74. The lowest BCUT2D eigenvalue weighted by molar-refractivity contribution is -0.117. The molecule has 1 N–H and O–H groups in total. The van der Waals surface area contributed by atoms with E-state index in [0.29, 0.717) is 13.2 Å². The third-order valence-electron chi connectivity index (χ3n) is 1.76. The summed E-state index contributed by atoms with van der Waals surface area (Å²) in [7, 11) is 0. The monoisotopic (exact) mass is 277 g/mol. The predicted molar refractivity (Wildman–Crippen MR) is 66.4 cm³/mol. The summed E-state index contributed by atoms with van der Waals surface area (Å²) in [6, 6.07) is 1.43. The van der Waals surface area contributed by atoms with Crippen molar-refractivity contribution in [3.63, 3.8) is 0 Å². The number of nitrogens with zero attached hydrogens (tertiary/aromatic N) is 2. The van der Waals surface area contributed by atoms with Crippen molar-refractivity contribution in [1.82, 2.24) is 9.97 Å². The summed E-state index contributed by atoms with van der Waals surface area (Å²) in [5.41, 5.74) is 0. The molecule has 0 aliphatic heterocycles. The molecule has 1 aromatic rings. The Balaban J connectivity index is 2.39. The fourth-order valence-electron chi connectivity index (χ4n) is 1.07. The van der Waals surface area contributed by atoms with Gasteiger partial charge in [-0.05, 0) is 18.0 Å². The van der Waals surface area contributed by atoms with E-state index >= 15 is 0 Å². The van der Waals surface area contributed by atoms with Gasteiger partial charge in [-0.1, -0.05) is 18.5 Å². The zero-order valence-electron chi connectivity index (χ0n) is 9.37. The van der Waals surface area contributed by atoms with Crippen LogP contribution in [0.5, 0.6) is 0 Å². The molecule has 0 aliphatic carbocycles. The Morgan fingerprint density at radius 3 is 2.82 bits per heavy atom. The van der Waals surface area contributed by atoms with Gasteiger partial charge in [-0.2, -0.15) is 0 Å². The lowest BCUT2D eigenvalue weighted by Crippen LogP contribution is -2.15. The summed E-state index contributed by atoms with van der Waals surface area (Å²) >= 11 is 11.3. The molecular formula is C10H13Cl2N3O2. The molecule has 0 saturated carbocycles. The summed E-state index contributed by atoms with van der Waals surface area (Å²) in [6.45, 7) is 3.04. The van der Waals surface area contributed by atoms with Crippen LogP contribution in [0.2, 0.25) is 10.4 Å². The second kappa shape index (κ2) is 7.42. The average molecular weight is 278 g/mol. The van der Waals surface area contributed by atoms with Crippen molar-refractivity contribution in [2.24, 2.45) is 0 Å². The topological polar surface area (TPSA) is 64.1 Å². The number of amides is 1. The first kappa shape index (κ1) is 14.2. The Bertz CT molecular complexity index is 368. The van der Waals surface area contributed by atoms with E-state index in [0.717, 1.165) is 6.42 Å². The van der Waals surface area contributed by atoms with Crippen molar-refractivity contribution in [1.29, 1.82) is 0 Å². The van der Waals surface area contributed by atoms with E-state index in [1.165, 1.54) is 6.07 Å². The molecular weight excluding hydrogens is 265 g/mol. The quantitative estimate of drug-likeness (QED) is 0.493. The third kappa shape index (κ3) is 5.81. The van der Waals surface area contributed by atoms with Crippen LogP contribution >= 0.6 is 23.2 Å². The second-order valence-corrected chi connectivity index (χ2v) is 3.98. The van der Waals surface area contributed by atoms with Crippen LogP contribution in [0.1, 0.15) is 19.8 Å². The minimum absolute atomic E-state index is 0.00460. The number of anilines is 1. The van der Waals surface area contributed by atoms with Gasteiger partial charge in [0, 0.05) is 12.7 Å². The molecule has 0 saturated heterocycles. The van der Waals surface area contributed by atoms with Gasteiger partial charge in [0.2, 0.25) is 11.2 Å². The van der Waals surface area contributed by atoms with E-state index in [-0.39, 0.29) is 28.6 Å². The molecule has 0 bridgehead atoms. The molecule has 0 aliphatic rings. The first-order valence-corrected chi connectivity index (χ1v) is 5.95. The standard InChI is InChI=1S/C10H13Cl2N3O2/c1-2-4-17-5-3-9(16)14-8-6-7(11)13-10(12)15-8/h6H,2-5H2,1H3,(H,13,14,15,16). The van der Waals surface area contributed by atoms with Crippen molar-refractivity contribution in [3.8, 4) is 0 Å². The zero-order chi connectivity index (χ0) is 12.7. The largest absolute Gasteiger partial charge is 0.381 e. The van der Waals surface area contributed by atoms with Crippen LogP contribution in [0.4, 0.5) is 5.82 Å². The lowest BCUT2D eigenvalue weighted by Gasteiger charge is -2.05. The SMILES string of the molecule is CCCOCCC(=O)Nc1cc(Cl)nc(Cl)n1. The number of aromatic nitrogens is 2. The van der Waals surface area contributed by atoms with Gasteiger partial charge in [0.05, 0.1) is 13.0 Å². The molecule has 0 radical (unpaired) electrons. The lowest BCUT2D eigenvalue weighted by atomic mass is 10.4. The highest BCUT2D eigenvalue weighted by molar-refractivity contribution is 6.32. The number of halogens is 2. The molecule has 0 aromatic carbocycles. The number of nitrogens with one attached hydrogen (secondary N) is 1. The number of carbonyl (C=O) groups is 1. The number of hydrogen-bond donors (Lipinski definition) is 1. The molecule has 0 fully saturated rings. The van der Waals surface area contributed by atoms with Crippen molar-refractivity contribution < 1.29 is 9.53 Å². The normalized spacial score (nSPS) is 10.3. The first-order chi connectivity index (χ1) is 8.11.